The quantitative estimate of drug-likeness (QED) is 0.850. The summed E-state index contributed by atoms with van der Waals surface area (Å²) in [6, 6.07) is 7.70. The number of carbonyl (C=O) groups is 1. The van der Waals surface area contributed by atoms with Gasteiger partial charge in [0.25, 0.3) is 0 Å². The van der Waals surface area contributed by atoms with Crippen LogP contribution in [0.5, 0.6) is 5.75 Å². The standard InChI is InChI=1S/C17H22N2O2S/c1-12(2)14-11-22-17(19-14)9-8-16(20)18-10-13-6-4-5-7-15(13)21-3/h4-7,11-12H,8-10H2,1-3H3,(H,18,20). The Hall–Kier alpha value is -1.88. The first kappa shape index (κ1) is 16.5. The summed E-state index contributed by atoms with van der Waals surface area (Å²) in [5, 5.41) is 6.03. The smallest absolute Gasteiger partial charge is 0.220 e. The Morgan fingerprint density at radius 3 is 2.82 bits per heavy atom. The molecule has 0 saturated heterocycles. The van der Waals surface area contributed by atoms with Gasteiger partial charge in [0.15, 0.2) is 0 Å². The maximum atomic E-state index is 12.0. The van der Waals surface area contributed by atoms with Crippen LogP contribution < -0.4 is 10.1 Å². The lowest BCUT2D eigenvalue weighted by Crippen LogP contribution is -2.23. The Labute approximate surface area is 135 Å². The van der Waals surface area contributed by atoms with Gasteiger partial charge >= 0.3 is 0 Å². The minimum atomic E-state index is 0.0344. The molecule has 0 atom stereocenters. The summed E-state index contributed by atoms with van der Waals surface area (Å²) < 4.78 is 5.27. The molecule has 1 heterocycles. The zero-order valence-electron chi connectivity index (χ0n) is 13.3. The molecule has 0 aliphatic heterocycles. The molecule has 1 amide bonds. The van der Waals surface area contributed by atoms with Crippen molar-refractivity contribution in [3.8, 4) is 5.75 Å². The number of rotatable bonds is 7. The molecule has 1 N–H and O–H groups in total. The van der Waals surface area contributed by atoms with E-state index in [9.17, 15) is 4.79 Å². The van der Waals surface area contributed by atoms with Gasteiger partial charge in [-0.25, -0.2) is 4.98 Å². The van der Waals surface area contributed by atoms with E-state index in [1.54, 1.807) is 18.4 Å². The monoisotopic (exact) mass is 318 g/mol. The van der Waals surface area contributed by atoms with Gasteiger partial charge in [0.05, 0.1) is 17.8 Å². The van der Waals surface area contributed by atoms with E-state index >= 15 is 0 Å². The molecule has 0 radical (unpaired) electrons. The average Bonchev–Trinajstić information content (AvgIpc) is 3.00. The highest BCUT2D eigenvalue weighted by atomic mass is 32.1. The predicted octanol–water partition coefficient (Wildman–Crippen LogP) is 3.52. The van der Waals surface area contributed by atoms with E-state index in [4.69, 9.17) is 4.74 Å². The van der Waals surface area contributed by atoms with E-state index in [0.717, 1.165) is 22.0 Å². The highest BCUT2D eigenvalue weighted by Gasteiger charge is 2.09. The number of methoxy groups -OCH3 is 1. The molecular formula is C17H22N2O2S. The number of hydrogen-bond donors (Lipinski definition) is 1. The SMILES string of the molecule is COc1ccccc1CNC(=O)CCc1nc(C(C)C)cs1. The van der Waals surface area contributed by atoms with E-state index in [1.807, 2.05) is 24.3 Å². The fourth-order valence-electron chi connectivity index (χ4n) is 2.06. The average molecular weight is 318 g/mol. The number of benzene rings is 1. The van der Waals surface area contributed by atoms with Crippen LogP contribution >= 0.6 is 11.3 Å². The van der Waals surface area contributed by atoms with Crippen LogP contribution in [0.4, 0.5) is 0 Å². The number of para-hydroxylation sites is 1. The largest absolute Gasteiger partial charge is 0.496 e. The van der Waals surface area contributed by atoms with Crippen molar-refractivity contribution in [1.29, 1.82) is 0 Å². The lowest BCUT2D eigenvalue weighted by Gasteiger charge is -2.09. The molecule has 0 aliphatic rings. The Morgan fingerprint density at radius 1 is 1.36 bits per heavy atom. The molecular weight excluding hydrogens is 296 g/mol. The third kappa shape index (κ3) is 4.56. The number of thiazole rings is 1. The van der Waals surface area contributed by atoms with Crippen LogP contribution in [-0.2, 0) is 17.8 Å². The van der Waals surface area contributed by atoms with Crippen molar-refractivity contribution in [1.82, 2.24) is 10.3 Å². The number of carbonyl (C=O) groups excluding carboxylic acids is 1. The first-order chi connectivity index (χ1) is 10.6. The third-order valence-corrected chi connectivity index (χ3v) is 4.32. The number of nitrogens with zero attached hydrogens (tertiary/aromatic N) is 1. The normalized spacial score (nSPS) is 10.7. The molecule has 0 aliphatic carbocycles. The number of hydrogen-bond acceptors (Lipinski definition) is 4. The van der Waals surface area contributed by atoms with Gasteiger partial charge in [0, 0.05) is 30.3 Å². The van der Waals surface area contributed by atoms with Crippen LogP contribution in [0.3, 0.4) is 0 Å². The van der Waals surface area contributed by atoms with Gasteiger partial charge in [-0.15, -0.1) is 11.3 Å². The lowest BCUT2D eigenvalue weighted by atomic mass is 10.2. The third-order valence-electron chi connectivity index (χ3n) is 3.40. The number of aromatic nitrogens is 1. The summed E-state index contributed by atoms with van der Waals surface area (Å²) in [5.41, 5.74) is 2.09. The molecule has 0 spiro atoms. The van der Waals surface area contributed by atoms with Crippen LogP contribution in [0.25, 0.3) is 0 Å². The van der Waals surface area contributed by atoms with E-state index in [2.05, 4.69) is 29.5 Å². The molecule has 5 heteroatoms. The van der Waals surface area contributed by atoms with Crippen LogP contribution in [0.2, 0.25) is 0 Å². The molecule has 2 rings (SSSR count). The first-order valence-electron chi connectivity index (χ1n) is 7.43. The fraction of sp³-hybridized carbons (Fsp3) is 0.412. The molecule has 0 unspecified atom stereocenters. The molecule has 0 saturated carbocycles. The van der Waals surface area contributed by atoms with Gasteiger partial charge in [0.2, 0.25) is 5.91 Å². The topological polar surface area (TPSA) is 51.2 Å². The summed E-state index contributed by atoms with van der Waals surface area (Å²) in [4.78, 5) is 16.5. The van der Waals surface area contributed by atoms with Crippen molar-refractivity contribution in [3.05, 3.63) is 45.9 Å². The van der Waals surface area contributed by atoms with Crippen LogP contribution in [-0.4, -0.2) is 18.0 Å². The predicted molar refractivity (Wildman–Crippen MR) is 89.4 cm³/mol. The van der Waals surface area contributed by atoms with Gasteiger partial charge in [-0.1, -0.05) is 32.0 Å². The molecule has 4 nitrogen and oxygen atoms in total. The van der Waals surface area contributed by atoms with Gasteiger partial charge in [-0.3, -0.25) is 4.79 Å². The van der Waals surface area contributed by atoms with Crippen molar-refractivity contribution in [2.24, 2.45) is 0 Å². The summed E-state index contributed by atoms with van der Waals surface area (Å²) in [7, 11) is 1.63. The van der Waals surface area contributed by atoms with Crippen molar-refractivity contribution in [2.75, 3.05) is 7.11 Å². The van der Waals surface area contributed by atoms with Gasteiger partial charge in [-0.05, 0) is 12.0 Å². The van der Waals surface area contributed by atoms with Crippen LogP contribution in [0.1, 0.15) is 42.5 Å². The fourth-order valence-corrected chi connectivity index (χ4v) is 3.02. The highest BCUT2D eigenvalue weighted by Crippen LogP contribution is 2.19. The maximum Gasteiger partial charge on any atom is 0.220 e. The van der Waals surface area contributed by atoms with Gasteiger partial charge in [0.1, 0.15) is 5.75 Å². The van der Waals surface area contributed by atoms with Crippen LogP contribution in [0, 0.1) is 0 Å². The van der Waals surface area contributed by atoms with Gasteiger partial charge < -0.3 is 10.1 Å². The minimum absolute atomic E-state index is 0.0344. The van der Waals surface area contributed by atoms with E-state index in [1.165, 1.54) is 0 Å². The second kappa shape index (κ2) is 7.94. The molecule has 1 aromatic carbocycles. The number of amides is 1. The Kier molecular flexibility index (Phi) is 5.95. The Balaban J connectivity index is 1.80. The maximum absolute atomic E-state index is 12.0. The summed E-state index contributed by atoms with van der Waals surface area (Å²) in [5.74, 6) is 1.26. The van der Waals surface area contributed by atoms with Crippen molar-refractivity contribution < 1.29 is 9.53 Å². The van der Waals surface area contributed by atoms with Crippen molar-refractivity contribution in [2.45, 2.75) is 39.2 Å². The summed E-state index contributed by atoms with van der Waals surface area (Å²) in [6.45, 7) is 4.73. The summed E-state index contributed by atoms with van der Waals surface area (Å²) in [6.07, 6.45) is 1.15. The Bertz CT molecular complexity index is 623. The van der Waals surface area contributed by atoms with Crippen LogP contribution in [0.15, 0.2) is 29.6 Å². The van der Waals surface area contributed by atoms with Crippen molar-refractivity contribution in [3.63, 3.8) is 0 Å². The molecule has 22 heavy (non-hydrogen) atoms. The molecule has 0 bridgehead atoms. The minimum Gasteiger partial charge on any atom is -0.496 e. The second-order valence-corrected chi connectivity index (χ2v) is 6.35. The number of aryl methyl sites for hydroxylation is 1. The second-order valence-electron chi connectivity index (χ2n) is 5.41. The summed E-state index contributed by atoms with van der Waals surface area (Å²) >= 11 is 1.63. The Morgan fingerprint density at radius 2 is 2.14 bits per heavy atom. The van der Waals surface area contributed by atoms with E-state index in [-0.39, 0.29) is 5.91 Å². The van der Waals surface area contributed by atoms with Crippen molar-refractivity contribution >= 4 is 17.2 Å². The first-order valence-corrected chi connectivity index (χ1v) is 8.31. The number of nitrogens with one attached hydrogen (secondary N) is 1. The molecule has 118 valence electrons. The zero-order chi connectivity index (χ0) is 15.9. The lowest BCUT2D eigenvalue weighted by molar-refractivity contribution is -0.121. The van der Waals surface area contributed by atoms with E-state index in [0.29, 0.717) is 25.3 Å². The molecule has 0 fully saturated rings. The zero-order valence-corrected chi connectivity index (χ0v) is 14.1. The van der Waals surface area contributed by atoms with E-state index < -0.39 is 0 Å². The molecule has 1 aromatic heterocycles. The highest BCUT2D eigenvalue weighted by molar-refractivity contribution is 7.09. The van der Waals surface area contributed by atoms with Gasteiger partial charge in [-0.2, -0.15) is 0 Å². The number of ether oxygens (including phenoxy) is 1. The molecule has 2 aromatic rings.